The maximum absolute atomic E-state index is 13.7. The van der Waals surface area contributed by atoms with Crippen LogP contribution in [0, 0.1) is 0 Å². The standard InChI is InChI=1S/C26H21N3O4/c30-22-20-14-7-8-15-21(20)23(31)28(22)16-9-17-29-24(32)26(27-25(29)33,18-10-3-1-4-11-18)19-12-5-2-6-13-19/h1-8,10-15H,9,16-17H2,(H,27,33). The van der Waals surface area contributed by atoms with Gasteiger partial charge in [-0.15, -0.1) is 0 Å². The Morgan fingerprint density at radius 1 is 0.606 bits per heavy atom. The summed E-state index contributed by atoms with van der Waals surface area (Å²) in [5.74, 6) is -1.08. The molecule has 1 fully saturated rings. The number of imide groups is 2. The number of rotatable bonds is 6. The molecule has 7 nitrogen and oxygen atoms in total. The van der Waals surface area contributed by atoms with E-state index in [9.17, 15) is 19.2 Å². The van der Waals surface area contributed by atoms with Crippen molar-refractivity contribution < 1.29 is 19.2 Å². The van der Waals surface area contributed by atoms with Gasteiger partial charge in [0.1, 0.15) is 0 Å². The fraction of sp³-hybridized carbons (Fsp3) is 0.154. The summed E-state index contributed by atoms with van der Waals surface area (Å²) in [6.45, 7) is 0.201. The number of urea groups is 1. The average molecular weight is 439 g/mol. The minimum absolute atomic E-state index is 0.0828. The van der Waals surface area contributed by atoms with Crippen molar-refractivity contribution in [2.75, 3.05) is 13.1 Å². The zero-order valence-corrected chi connectivity index (χ0v) is 17.7. The maximum atomic E-state index is 13.7. The van der Waals surface area contributed by atoms with Gasteiger partial charge in [0, 0.05) is 13.1 Å². The van der Waals surface area contributed by atoms with Gasteiger partial charge >= 0.3 is 6.03 Å². The molecule has 0 atom stereocenters. The Hall–Kier alpha value is -4.26. The van der Waals surface area contributed by atoms with Crippen LogP contribution in [0.5, 0.6) is 0 Å². The summed E-state index contributed by atoms with van der Waals surface area (Å²) < 4.78 is 0. The molecule has 2 heterocycles. The van der Waals surface area contributed by atoms with E-state index in [0.29, 0.717) is 22.3 Å². The summed E-state index contributed by atoms with van der Waals surface area (Å²) in [7, 11) is 0. The van der Waals surface area contributed by atoms with Crippen LogP contribution in [0.25, 0.3) is 0 Å². The molecule has 3 aromatic carbocycles. The summed E-state index contributed by atoms with van der Waals surface area (Å²) >= 11 is 0. The number of carbonyl (C=O) groups excluding carboxylic acids is 4. The minimum Gasteiger partial charge on any atom is -0.315 e. The van der Waals surface area contributed by atoms with Gasteiger partial charge in [-0.05, 0) is 29.7 Å². The van der Waals surface area contributed by atoms with Gasteiger partial charge in [-0.25, -0.2) is 4.79 Å². The van der Waals surface area contributed by atoms with Crippen LogP contribution in [-0.2, 0) is 10.3 Å². The van der Waals surface area contributed by atoms with E-state index in [1.165, 1.54) is 4.90 Å². The topological polar surface area (TPSA) is 86.8 Å². The molecule has 1 N–H and O–H groups in total. The second kappa shape index (κ2) is 8.02. The van der Waals surface area contributed by atoms with E-state index in [0.717, 1.165) is 4.90 Å². The smallest absolute Gasteiger partial charge is 0.315 e. The van der Waals surface area contributed by atoms with E-state index in [4.69, 9.17) is 0 Å². The van der Waals surface area contributed by atoms with Crippen LogP contribution in [0.1, 0.15) is 38.3 Å². The number of benzene rings is 3. The number of fused-ring (bicyclic) bond motifs is 1. The molecule has 0 unspecified atom stereocenters. The lowest BCUT2D eigenvalue weighted by molar-refractivity contribution is -0.130. The van der Waals surface area contributed by atoms with Gasteiger partial charge in [0.25, 0.3) is 17.7 Å². The summed E-state index contributed by atoms with van der Waals surface area (Å²) in [6, 6.07) is 24.4. The van der Waals surface area contributed by atoms with E-state index in [1.807, 2.05) is 60.7 Å². The van der Waals surface area contributed by atoms with E-state index in [1.54, 1.807) is 24.3 Å². The van der Waals surface area contributed by atoms with Gasteiger partial charge in [0.15, 0.2) is 5.54 Å². The quantitative estimate of drug-likeness (QED) is 0.472. The Bertz CT molecular complexity index is 1180. The van der Waals surface area contributed by atoms with Gasteiger partial charge in [-0.1, -0.05) is 72.8 Å². The van der Waals surface area contributed by atoms with E-state index >= 15 is 0 Å². The van der Waals surface area contributed by atoms with E-state index in [2.05, 4.69) is 5.32 Å². The van der Waals surface area contributed by atoms with Crippen LogP contribution >= 0.6 is 0 Å². The van der Waals surface area contributed by atoms with E-state index in [-0.39, 0.29) is 37.2 Å². The van der Waals surface area contributed by atoms with Crippen molar-refractivity contribution in [3.8, 4) is 0 Å². The number of carbonyl (C=O) groups is 4. The van der Waals surface area contributed by atoms with Crippen LogP contribution in [0.3, 0.4) is 0 Å². The van der Waals surface area contributed by atoms with Crippen molar-refractivity contribution in [1.29, 1.82) is 0 Å². The third kappa shape index (κ3) is 3.20. The zero-order chi connectivity index (χ0) is 23.0. The molecule has 2 aliphatic rings. The molecule has 33 heavy (non-hydrogen) atoms. The second-order valence-electron chi connectivity index (χ2n) is 8.03. The predicted molar refractivity (Wildman–Crippen MR) is 120 cm³/mol. The minimum atomic E-state index is -1.32. The van der Waals surface area contributed by atoms with Gasteiger partial charge in [0.2, 0.25) is 0 Å². The molecule has 164 valence electrons. The third-order valence-corrected chi connectivity index (χ3v) is 6.16. The first-order valence-electron chi connectivity index (χ1n) is 10.7. The highest BCUT2D eigenvalue weighted by Gasteiger charge is 2.53. The lowest BCUT2D eigenvalue weighted by Crippen LogP contribution is -2.45. The maximum Gasteiger partial charge on any atom is 0.325 e. The predicted octanol–water partition coefficient (Wildman–Crippen LogP) is 3.17. The molecule has 2 aliphatic heterocycles. The van der Waals surface area contributed by atoms with Crippen LogP contribution in [0.4, 0.5) is 4.79 Å². The summed E-state index contributed by atoms with van der Waals surface area (Å²) in [5.41, 5.74) is 0.763. The number of nitrogens with one attached hydrogen (secondary N) is 1. The molecule has 0 bridgehead atoms. The van der Waals surface area contributed by atoms with Crippen molar-refractivity contribution in [2.45, 2.75) is 12.0 Å². The van der Waals surface area contributed by atoms with Gasteiger partial charge < -0.3 is 5.32 Å². The molecule has 0 aromatic heterocycles. The Kier molecular flexibility index (Phi) is 5.01. The normalized spacial score (nSPS) is 16.8. The number of hydrogen-bond donors (Lipinski definition) is 1. The molecule has 0 spiro atoms. The van der Waals surface area contributed by atoms with Crippen molar-refractivity contribution >= 4 is 23.8 Å². The molecule has 1 saturated heterocycles. The number of hydrogen-bond acceptors (Lipinski definition) is 4. The molecule has 0 radical (unpaired) electrons. The van der Waals surface area contributed by atoms with Crippen LogP contribution in [-0.4, -0.2) is 46.6 Å². The highest BCUT2D eigenvalue weighted by atomic mass is 16.2. The number of nitrogens with zero attached hydrogens (tertiary/aromatic N) is 2. The molecule has 0 aliphatic carbocycles. The molecular formula is C26H21N3O4. The van der Waals surface area contributed by atoms with Crippen LogP contribution in [0.2, 0.25) is 0 Å². The van der Waals surface area contributed by atoms with Crippen molar-refractivity contribution in [1.82, 2.24) is 15.1 Å². The summed E-state index contributed by atoms with van der Waals surface area (Å²) in [4.78, 5) is 54.1. The fourth-order valence-electron chi connectivity index (χ4n) is 4.54. The Labute approximate surface area is 190 Å². The van der Waals surface area contributed by atoms with Gasteiger partial charge in [0.05, 0.1) is 11.1 Å². The first-order chi connectivity index (χ1) is 16.0. The highest BCUT2D eigenvalue weighted by molar-refractivity contribution is 6.21. The molecule has 7 heteroatoms. The molecule has 5 amide bonds. The summed E-state index contributed by atoms with van der Waals surface area (Å²) in [6.07, 6.45) is 0.282. The molecule has 5 rings (SSSR count). The monoisotopic (exact) mass is 439 g/mol. The lowest BCUT2D eigenvalue weighted by atomic mass is 9.82. The van der Waals surface area contributed by atoms with Gasteiger partial charge in [-0.3, -0.25) is 24.2 Å². The van der Waals surface area contributed by atoms with Crippen molar-refractivity contribution in [3.05, 3.63) is 107 Å². The second-order valence-corrected chi connectivity index (χ2v) is 8.03. The van der Waals surface area contributed by atoms with Gasteiger partial charge in [-0.2, -0.15) is 0 Å². The number of amides is 5. The first-order valence-corrected chi connectivity index (χ1v) is 10.7. The van der Waals surface area contributed by atoms with Crippen molar-refractivity contribution in [3.63, 3.8) is 0 Å². The van der Waals surface area contributed by atoms with E-state index < -0.39 is 11.6 Å². The Morgan fingerprint density at radius 2 is 1.06 bits per heavy atom. The lowest BCUT2D eigenvalue weighted by Gasteiger charge is -2.28. The molecule has 0 saturated carbocycles. The summed E-state index contributed by atoms with van der Waals surface area (Å²) in [5, 5.41) is 2.90. The SMILES string of the molecule is O=C1NC(c2ccccc2)(c2ccccc2)C(=O)N1CCCN1C(=O)c2ccccc2C1=O. The Morgan fingerprint density at radius 3 is 1.58 bits per heavy atom. The average Bonchev–Trinajstić information content (AvgIpc) is 3.26. The highest BCUT2D eigenvalue weighted by Crippen LogP contribution is 2.36. The van der Waals surface area contributed by atoms with Crippen LogP contribution < -0.4 is 5.32 Å². The van der Waals surface area contributed by atoms with Crippen molar-refractivity contribution in [2.24, 2.45) is 0 Å². The third-order valence-electron chi connectivity index (χ3n) is 6.16. The Balaban J connectivity index is 1.36. The fourth-order valence-corrected chi connectivity index (χ4v) is 4.54. The zero-order valence-electron chi connectivity index (χ0n) is 17.7. The first kappa shape index (κ1) is 20.6. The largest absolute Gasteiger partial charge is 0.325 e. The molecular weight excluding hydrogens is 418 g/mol. The van der Waals surface area contributed by atoms with Crippen LogP contribution in [0.15, 0.2) is 84.9 Å². The molecule has 3 aromatic rings.